The number of piperidine rings is 1. The number of nitriles is 1. The lowest BCUT2D eigenvalue weighted by molar-refractivity contribution is -0.138. The third-order valence-corrected chi connectivity index (χ3v) is 5.98. The number of fused-ring (bicyclic) bond motifs is 1. The van der Waals surface area contributed by atoms with Gasteiger partial charge in [0.1, 0.15) is 23.0 Å². The molecular formula is C24H30F3N5O3. The van der Waals surface area contributed by atoms with Crippen LogP contribution in [0.25, 0.3) is 11.0 Å². The third kappa shape index (κ3) is 7.42. The molecule has 1 atom stereocenters. The number of amides is 1. The Labute approximate surface area is 201 Å². The number of para-hydroxylation sites is 1. The number of halogens is 3. The van der Waals surface area contributed by atoms with Gasteiger partial charge >= 0.3 is 11.9 Å². The van der Waals surface area contributed by atoms with Crippen molar-refractivity contribution < 1.29 is 22.4 Å². The monoisotopic (exact) mass is 493 g/mol. The van der Waals surface area contributed by atoms with E-state index in [1.807, 2.05) is 20.8 Å². The van der Waals surface area contributed by atoms with E-state index in [1.54, 1.807) is 29.2 Å². The fourth-order valence-electron chi connectivity index (χ4n) is 4.15. The van der Waals surface area contributed by atoms with Gasteiger partial charge in [-0.1, -0.05) is 32.9 Å². The first-order valence-electron chi connectivity index (χ1n) is 11.5. The molecule has 0 aliphatic carbocycles. The number of anilines is 1. The van der Waals surface area contributed by atoms with E-state index in [9.17, 15) is 28.0 Å². The number of likely N-dealkylation sites (tertiary alicyclic amines) is 1. The maximum absolute atomic E-state index is 13.4. The van der Waals surface area contributed by atoms with Crippen LogP contribution in [0.5, 0.6) is 0 Å². The van der Waals surface area contributed by atoms with Crippen molar-refractivity contribution in [2.24, 2.45) is 5.41 Å². The summed E-state index contributed by atoms with van der Waals surface area (Å²) < 4.78 is 42.8. The zero-order valence-corrected chi connectivity index (χ0v) is 20.0. The Kier molecular flexibility index (Phi) is 7.74. The molecule has 0 unspecified atom stereocenters. The van der Waals surface area contributed by atoms with Crippen LogP contribution >= 0.6 is 0 Å². The van der Waals surface area contributed by atoms with Crippen molar-refractivity contribution in [1.82, 2.24) is 15.2 Å². The van der Waals surface area contributed by atoms with Crippen LogP contribution in [0.2, 0.25) is 0 Å². The lowest BCUT2D eigenvalue weighted by Crippen LogP contribution is -2.58. The number of nitrogens with one attached hydrogen (secondary N) is 2. The van der Waals surface area contributed by atoms with Crippen LogP contribution in [-0.4, -0.2) is 53.2 Å². The molecule has 0 radical (unpaired) electrons. The Bertz CT molecular complexity index is 1140. The summed E-state index contributed by atoms with van der Waals surface area (Å²) in [5.74, 6) is -1.04. The number of aromatic nitrogens is 1. The maximum atomic E-state index is 13.4. The highest BCUT2D eigenvalue weighted by atomic mass is 19.4. The van der Waals surface area contributed by atoms with Crippen LogP contribution in [0.4, 0.5) is 19.0 Å². The minimum atomic E-state index is -4.24. The normalized spacial score (nSPS) is 17.5. The van der Waals surface area contributed by atoms with Gasteiger partial charge in [-0.2, -0.15) is 23.4 Å². The predicted octanol–water partition coefficient (Wildman–Crippen LogP) is 3.83. The van der Waals surface area contributed by atoms with Crippen LogP contribution in [0.1, 0.15) is 46.5 Å². The average molecular weight is 494 g/mol. The Balaban J connectivity index is 1.77. The average Bonchev–Trinajstić information content (AvgIpc) is 2.76. The first kappa shape index (κ1) is 26.5. The molecule has 0 bridgehead atoms. The lowest BCUT2D eigenvalue weighted by atomic mass is 9.85. The van der Waals surface area contributed by atoms with Crippen molar-refractivity contribution in [1.29, 1.82) is 5.26 Å². The minimum Gasteiger partial charge on any atom is -0.408 e. The van der Waals surface area contributed by atoms with Crippen molar-refractivity contribution in [2.45, 2.75) is 64.2 Å². The second-order valence-electron chi connectivity index (χ2n) is 10.2. The minimum absolute atomic E-state index is 0.136. The number of carbonyl (C=O) groups excluding carboxylic acids is 1. The number of rotatable bonds is 7. The molecule has 1 aromatic heterocycles. The van der Waals surface area contributed by atoms with Crippen LogP contribution in [-0.2, 0) is 4.79 Å². The molecule has 2 aromatic rings. The molecule has 0 spiro atoms. The summed E-state index contributed by atoms with van der Waals surface area (Å²) in [6.07, 6.45) is -4.36. The second-order valence-corrected chi connectivity index (χ2v) is 10.2. The van der Waals surface area contributed by atoms with Gasteiger partial charge in [0, 0.05) is 19.6 Å². The number of hydrogen-bond acceptors (Lipinski definition) is 7. The van der Waals surface area contributed by atoms with Crippen molar-refractivity contribution in [3.8, 4) is 6.07 Å². The zero-order valence-electron chi connectivity index (χ0n) is 20.0. The largest absolute Gasteiger partial charge is 0.441 e. The second kappa shape index (κ2) is 10.2. The summed E-state index contributed by atoms with van der Waals surface area (Å²) in [4.78, 5) is 30.9. The van der Waals surface area contributed by atoms with Gasteiger partial charge in [-0.3, -0.25) is 4.79 Å². The molecule has 1 amide bonds. The molecule has 35 heavy (non-hydrogen) atoms. The molecule has 1 aliphatic heterocycles. The summed E-state index contributed by atoms with van der Waals surface area (Å²) >= 11 is 0. The van der Waals surface area contributed by atoms with E-state index in [-0.39, 0.29) is 43.7 Å². The van der Waals surface area contributed by atoms with Gasteiger partial charge in [-0.15, -0.1) is 0 Å². The fraction of sp³-hybridized carbons (Fsp3) is 0.583. The molecule has 3 rings (SSSR count). The van der Waals surface area contributed by atoms with E-state index < -0.39 is 35.8 Å². The highest BCUT2D eigenvalue weighted by Crippen LogP contribution is 2.28. The van der Waals surface area contributed by atoms with E-state index in [0.717, 1.165) is 0 Å². The molecule has 2 heterocycles. The summed E-state index contributed by atoms with van der Waals surface area (Å²) in [5, 5.41) is 16.3. The van der Waals surface area contributed by atoms with Crippen LogP contribution in [0.3, 0.4) is 0 Å². The van der Waals surface area contributed by atoms with Gasteiger partial charge in [0.15, 0.2) is 0 Å². The molecular weight excluding hydrogens is 463 g/mol. The van der Waals surface area contributed by atoms with Crippen molar-refractivity contribution >= 4 is 22.7 Å². The smallest absolute Gasteiger partial charge is 0.408 e. The van der Waals surface area contributed by atoms with E-state index in [4.69, 9.17) is 4.42 Å². The number of nitrogens with zero attached hydrogens (tertiary/aromatic N) is 3. The maximum Gasteiger partial charge on any atom is 0.441 e. The van der Waals surface area contributed by atoms with Gasteiger partial charge in [-0.25, -0.2) is 4.79 Å². The SMILES string of the molecule is CC(C)(C)C[C@H](Nc1nc(=O)oc2ccccc12)C(=O)NC1(C#N)CCN(CCC(F)(F)F)CC1. The van der Waals surface area contributed by atoms with Crippen LogP contribution in [0.15, 0.2) is 33.5 Å². The first-order valence-corrected chi connectivity index (χ1v) is 11.5. The topological polar surface area (TPSA) is 111 Å². The zero-order chi connectivity index (χ0) is 25.9. The lowest BCUT2D eigenvalue weighted by Gasteiger charge is -2.39. The molecule has 190 valence electrons. The predicted molar refractivity (Wildman–Crippen MR) is 125 cm³/mol. The molecule has 11 heteroatoms. The molecule has 1 saturated heterocycles. The van der Waals surface area contributed by atoms with Crippen LogP contribution < -0.4 is 16.4 Å². The Morgan fingerprint density at radius 2 is 1.91 bits per heavy atom. The van der Waals surface area contributed by atoms with Crippen molar-refractivity contribution in [3.05, 3.63) is 34.8 Å². The summed E-state index contributed by atoms with van der Waals surface area (Å²) in [6, 6.07) is 8.16. The summed E-state index contributed by atoms with van der Waals surface area (Å²) in [7, 11) is 0. The number of benzene rings is 1. The van der Waals surface area contributed by atoms with Crippen LogP contribution in [0, 0.1) is 16.7 Å². The van der Waals surface area contributed by atoms with E-state index >= 15 is 0 Å². The fourth-order valence-corrected chi connectivity index (χ4v) is 4.15. The van der Waals surface area contributed by atoms with Gasteiger partial charge < -0.3 is 20.0 Å². The Morgan fingerprint density at radius 3 is 2.51 bits per heavy atom. The standard InChI is InChI=1S/C24H30F3N5O3/c1-22(2,3)14-17(29-19-16-6-4-5-7-18(16)35-21(34)30-19)20(33)31-23(15-28)8-11-32(12-9-23)13-10-24(25,26)27/h4-7,17H,8-14H2,1-3H3,(H,31,33)(H,29,30,34)/t17-/m0/s1. The molecule has 1 fully saturated rings. The van der Waals surface area contributed by atoms with Crippen molar-refractivity contribution in [3.63, 3.8) is 0 Å². The highest BCUT2D eigenvalue weighted by Gasteiger charge is 2.39. The van der Waals surface area contributed by atoms with E-state index in [2.05, 4.69) is 21.7 Å². The van der Waals surface area contributed by atoms with Gasteiger partial charge in [0.25, 0.3) is 0 Å². The van der Waals surface area contributed by atoms with Crippen molar-refractivity contribution in [2.75, 3.05) is 25.0 Å². The van der Waals surface area contributed by atoms with Gasteiger partial charge in [0.05, 0.1) is 17.9 Å². The number of hydrogen-bond donors (Lipinski definition) is 2. The van der Waals surface area contributed by atoms with Gasteiger partial charge in [-0.05, 0) is 36.8 Å². The first-order chi connectivity index (χ1) is 16.3. The summed E-state index contributed by atoms with van der Waals surface area (Å²) in [5.41, 5.74) is -1.15. The molecule has 0 saturated carbocycles. The van der Waals surface area contributed by atoms with E-state index in [0.29, 0.717) is 17.4 Å². The molecule has 1 aliphatic rings. The molecule has 1 aromatic carbocycles. The summed E-state index contributed by atoms with van der Waals surface area (Å²) in [6.45, 7) is 6.28. The molecule has 8 nitrogen and oxygen atoms in total. The third-order valence-electron chi connectivity index (χ3n) is 5.98. The van der Waals surface area contributed by atoms with Gasteiger partial charge in [0.2, 0.25) is 5.91 Å². The Hall–Kier alpha value is -3.13. The number of carbonyl (C=O) groups is 1. The highest BCUT2D eigenvalue weighted by molar-refractivity contribution is 5.91. The van der Waals surface area contributed by atoms with E-state index in [1.165, 1.54) is 0 Å². The Morgan fingerprint density at radius 1 is 1.26 bits per heavy atom. The molecule has 2 N–H and O–H groups in total. The number of alkyl halides is 3. The quantitative estimate of drug-likeness (QED) is 0.603.